The summed E-state index contributed by atoms with van der Waals surface area (Å²) in [5, 5.41) is 13.8. The third-order valence-corrected chi connectivity index (χ3v) is 5.20. The van der Waals surface area contributed by atoms with Crippen molar-refractivity contribution in [1.29, 1.82) is 0 Å². The Morgan fingerprint density at radius 1 is 0.972 bits per heavy atom. The van der Waals surface area contributed by atoms with Crippen LogP contribution in [0.3, 0.4) is 0 Å². The number of benzene rings is 3. The fourth-order valence-corrected chi connectivity index (χ4v) is 3.50. The molecule has 184 valence electrons. The van der Waals surface area contributed by atoms with Crippen molar-refractivity contribution in [2.24, 2.45) is 5.16 Å². The van der Waals surface area contributed by atoms with Crippen LogP contribution in [0.4, 0.5) is 13.2 Å². The average molecular weight is 495 g/mol. The summed E-state index contributed by atoms with van der Waals surface area (Å²) in [4.78, 5) is 24.8. The Morgan fingerprint density at radius 2 is 1.72 bits per heavy atom. The number of carboxylic acid groups (broad SMARTS) is 1. The van der Waals surface area contributed by atoms with Gasteiger partial charge in [0.1, 0.15) is 24.2 Å². The molecule has 1 heterocycles. The van der Waals surface area contributed by atoms with Gasteiger partial charge in [-0.2, -0.15) is 13.2 Å². The number of hydrogen-bond acceptors (Lipinski definition) is 6. The number of oxime groups is 1. The van der Waals surface area contributed by atoms with Crippen LogP contribution in [0.2, 0.25) is 0 Å². The molecule has 0 radical (unpaired) electrons. The number of aliphatic carboxylic acids is 1. The highest BCUT2D eigenvalue weighted by Gasteiger charge is 2.29. The van der Waals surface area contributed by atoms with Gasteiger partial charge in [-0.3, -0.25) is 0 Å². The molecule has 1 aromatic heterocycles. The number of carbonyl (C=O) groups is 1. The maximum atomic E-state index is 12.8. The Labute approximate surface area is 203 Å². The number of aromatic nitrogens is 2. The summed E-state index contributed by atoms with van der Waals surface area (Å²) in [5.41, 5.74) is 2.31. The normalized spacial score (nSPS) is 11.9. The van der Waals surface area contributed by atoms with Crippen molar-refractivity contribution in [1.82, 2.24) is 9.97 Å². The van der Waals surface area contributed by atoms with E-state index in [9.17, 15) is 18.0 Å². The van der Waals surface area contributed by atoms with E-state index >= 15 is 0 Å². The minimum Gasteiger partial charge on any atom is -0.480 e. The SMILES string of the molecule is O=C(O)COc1ccc(C(Cc2ccccc2)=NOCc2ccc(C(F)(F)F)cc2)c2cncnc12. The zero-order valence-electron chi connectivity index (χ0n) is 18.8. The van der Waals surface area contributed by atoms with E-state index in [0.29, 0.717) is 34.2 Å². The molecule has 0 aliphatic heterocycles. The molecule has 1 N–H and O–H groups in total. The van der Waals surface area contributed by atoms with Crippen molar-refractivity contribution in [3.8, 4) is 5.75 Å². The second-order valence-electron chi connectivity index (χ2n) is 7.75. The molecule has 0 saturated carbocycles. The van der Waals surface area contributed by atoms with E-state index in [1.807, 2.05) is 30.3 Å². The van der Waals surface area contributed by atoms with Crippen molar-refractivity contribution >= 4 is 22.6 Å². The Hall–Kier alpha value is -4.47. The van der Waals surface area contributed by atoms with E-state index in [4.69, 9.17) is 14.7 Å². The number of carboxylic acids is 1. The molecule has 0 aliphatic rings. The van der Waals surface area contributed by atoms with Gasteiger partial charge in [0.15, 0.2) is 6.61 Å². The molecule has 0 unspecified atom stereocenters. The van der Waals surface area contributed by atoms with Gasteiger partial charge in [0, 0.05) is 23.6 Å². The van der Waals surface area contributed by atoms with Crippen molar-refractivity contribution in [2.75, 3.05) is 6.61 Å². The first-order valence-electron chi connectivity index (χ1n) is 10.8. The lowest BCUT2D eigenvalue weighted by molar-refractivity contribution is -0.139. The number of fused-ring (bicyclic) bond motifs is 1. The first-order valence-corrected chi connectivity index (χ1v) is 10.8. The number of alkyl halides is 3. The highest BCUT2D eigenvalue weighted by molar-refractivity contribution is 6.11. The summed E-state index contributed by atoms with van der Waals surface area (Å²) in [6.45, 7) is -0.565. The zero-order chi connectivity index (χ0) is 25.5. The summed E-state index contributed by atoms with van der Waals surface area (Å²) in [5.74, 6) is -0.840. The minimum atomic E-state index is -4.41. The third-order valence-electron chi connectivity index (χ3n) is 5.20. The zero-order valence-corrected chi connectivity index (χ0v) is 18.8. The number of halogens is 3. The van der Waals surface area contributed by atoms with E-state index < -0.39 is 24.3 Å². The molecule has 0 saturated heterocycles. The second kappa shape index (κ2) is 10.9. The lowest BCUT2D eigenvalue weighted by Crippen LogP contribution is -2.11. The van der Waals surface area contributed by atoms with E-state index in [-0.39, 0.29) is 12.4 Å². The van der Waals surface area contributed by atoms with Crippen LogP contribution in [0, 0.1) is 0 Å². The van der Waals surface area contributed by atoms with Gasteiger partial charge in [-0.05, 0) is 35.4 Å². The van der Waals surface area contributed by atoms with Crippen LogP contribution < -0.4 is 4.74 Å². The monoisotopic (exact) mass is 495 g/mol. The minimum absolute atomic E-state index is 0.0370. The molecule has 0 atom stereocenters. The number of ether oxygens (including phenoxy) is 1. The molecule has 0 amide bonds. The van der Waals surface area contributed by atoms with Gasteiger partial charge >= 0.3 is 12.1 Å². The molecule has 3 aromatic carbocycles. The van der Waals surface area contributed by atoms with Crippen LogP contribution in [0.5, 0.6) is 5.75 Å². The predicted molar refractivity (Wildman–Crippen MR) is 126 cm³/mol. The Balaban J connectivity index is 1.65. The second-order valence-corrected chi connectivity index (χ2v) is 7.75. The third kappa shape index (κ3) is 6.15. The van der Waals surface area contributed by atoms with Gasteiger partial charge in [-0.1, -0.05) is 47.6 Å². The van der Waals surface area contributed by atoms with E-state index in [1.54, 1.807) is 18.3 Å². The summed E-state index contributed by atoms with van der Waals surface area (Å²) in [7, 11) is 0. The summed E-state index contributed by atoms with van der Waals surface area (Å²) >= 11 is 0. The number of hydrogen-bond donors (Lipinski definition) is 1. The maximum absolute atomic E-state index is 12.8. The standard InChI is InChI=1S/C26H20F3N3O4/c27-26(28,29)19-8-6-18(7-9-19)14-36-32-22(12-17-4-2-1-3-5-17)20-10-11-23(35-15-24(33)34)25-21(20)13-30-16-31-25/h1-11,13,16H,12,14-15H2,(H,33,34). The van der Waals surface area contributed by atoms with Crippen LogP contribution in [0.25, 0.3) is 10.9 Å². The summed E-state index contributed by atoms with van der Waals surface area (Å²) in [6, 6.07) is 17.5. The highest BCUT2D eigenvalue weighted by atomic mass is 19.4. The summed E-state index contributed by atoms with van der Waals surface area (Å²) < 4.78 is 43.8. The molecule has 10 heteroatoms. The Morgan fingerprint density at radius 3 is 2.42 bits per heavy atom. The van der Waals surface area contributed by atoms with Crippen LogP contribution >= 0.6 is 0 Å². The number of rotatable bonds is 9. The molecule has 4 aromatic rings. The van der Waals surface area contributed by atoms with E-state index in [1.165, 1.54) is 18.5 Å². The molecule has 36 heavy (non-hydrogen) atoms. The van der Waals surface area contributed by atoms with E-state index in [0.717, 1.165) is 17.7 Å². The van der Waals surface area contributed by atoms with Crippen molar-refractivity contribution in [3.05, 3.63) is 102 Å². The molecular formula is C26H20F3N3O4. The molecule has 0 spiro atoms. The molecule has 0 aliphatic carbocycles. The summed E-state index contributed by atoms with van der Waals surface area (Å²) in [6.07, 6.45) is -1.13. The predicted octanol–water partition coefficient (Wildman–Crippen LogP) is 5.28. The smallest absolute Gasteiger partial charge is 0.416 e. The molecule has 7 nitrogen and oxygen atoms in total. The van der Waals surface area contributed by atoms with Gasteiger partial charge in [0.2, 0.25) is 0 Å². The molecular weight excluding hydrogens is 475 g/mol. The maximum Gasteiger partial charge on any atom is 0.416 e. The van der Waals surface area contributed by atoms with Gasteiger partial charge in [0.05, 0.1) is 11.3 Å². The fourth-order valence-electron chi connectivity index (χ4n) is 3.50. The lowest BCUT2D eigenvalue weighted by Gasteiger charge is -2.13. The van der Waals surface area contributed by atoms with E-state index in [2.05, 4.69) is 15.1 Å². The van der Waals surface area contributed by atoms with Crippen LogP contribution in [0.1, 0.15) is 22.3 Å². The molecule has 4 rings (SSSR count). The molecule has 0 bridgehead atoms. The first kappa shape index (κ1) is 24.6. The van der Waals surface area contributed by atoms with Gasteiger partial charge in [-0.15, -0.1) is 0 Å². The van der Waals surface area contributed by atoms with Gasteiger partial charge < -0.3 is 14.7 Å². The topological polar surface area (TPSA) is 93.9 Å². The van der Waals surface area contributed by atoms with Crippen LogP contribution in [0.15, 0.2) is 84.4 Å². The van der Waals surface area contributed by atoms with Crippen LogP contribution in [-0.2, 0) is 28.8 Å². The first-order chi connectivity index (χ1) is 17.3. The van der Waals surface area contributed by atoms with Gasteiger partial charge in [0.25, 0.3) is 0 Å². The quantitative estimate of drug-likeness (QED) is 0.251. The largest absolute Gasteiger partial charge is 0.480 e. The molecule has 0 fully saturated rings. The van der Waals surface area contributed by atoms with Crippen LogP contribution in [-0.4, -0.2) is 33.4 Å². The van der Waals surface area contributed by atoms with Crippen molar-refractivity contribution < 1.29 is 32.6 Å². The Kier molecular flexibility index (Phi) is 7.43. The Bertz CT molecular complexity index is 1380. The fraction of sp³-hybridized carbons (Fsp3) is 0.154. The lowest BCUT2D eigenvalue weighted by atomic mass is 9.99. The average Bonchev–Trinajstić information content (AvgIpc) is 2.87. The van der Waals surface area contributed by atoms with Gasteiger partial charge in [-0.25, -0.2) is 14.8 Å². The van der Waals surface area contributed by atoms with Crippen molar-refractivity contribution in [3.63, 3.8) is 0 Å². The highest BCUT2D eigenvalue weighted by Crippen LogP contribution is 2.30. The number of nitrogens with zero attached hydrogens (tertiary/aromatic N) is 3. The van der Waals surface area contributed by atoms with Crippen molar-refractivity contribution in [2.45, 2.75) is 19.2 Å².